The summed E-state index contributed by atoms with van der Waals surface area (Å²) in [5.74, 6) is 0.213. The molecule has 0 heterocycles. The van der Waals surface area contributed by atoms with Gasteiger partial charge in [-0.05, 0) is 25.2 Å². The predicted octanol–water partition coefficient (Wildman–Crippen LogP) is 6.90. The number of amides is 2. The maximum Gasteiger partial charge on any atom is 0.220 e. The zero-order valence-corrected chi connectivity index (χ0v) is 20.5. The van der Waals surface area contributed by atoms with Gasteiger partial charge in [0.2, 0.25) is 11.8 Å². The summed E-state index contributed by atoms with van der Waals surface area (Å²) in [5.41, 5.74) is 5.44. The standard InChI is InChI=1S/C26H52N2O2/c1-4-5-6-7-8-9-10-11-12-13-14-15-16-17-21-25(29)28-22-19-18-20-24(23(2)3)26(27)30/h23-24H,4-22H2,1-3H3,(H2,27,30)(H,28,29). The summed E-state index contributed by atoms with van der Waals surface area (Å²) in [6.07, 6.45) is 22.0. The summed E-state index contributed by atoms with van der Waals surface area (Å²) in [6, 6.07) is 0. The quantitative estimate of drug-likeness (QED) is 0.185. The molecule has 0 aromatic rings. The Balaban J connectivity index is 3.33. The Bertz CT molecular complexity index is 410. The van der Waals surface area contributed by atoms with Gasteiger partial charge in [-0.3, -0.25) is 9.59 Å². The minimum Gasteiger partial charge on any atom is -0.369 e. The summed E-state index contributed by atoms with van der Waals surface area (Å²) in [6.45, 7) is 7.05. The molecule has 1 unspecified atom stereocenters. The molecule has 0 saturated heterocycles. The second-order valence-corrected chi connectivity index (χ2v) is 9.44. The third-order valence-electron chi connectivity index (χ3n) is 6.19. The maximum absolute atomic E-state index is 11.9. The molecule has 2 amide bonds. The van der Waals surface area contributed by atoms with Crippen molar-refractivity contribution < 1.29 is 9.59 Å². The topological polar surface area (TPSA) is 72.2 Å². The lowest BCUT2D eigenvalue weighted by atomic mass is 9.90. The van der Waals surface area contributed by atoms with Gasteiger partial charge in [-0.1, -0.05) is 111 Å². The lowest BCUT2D eigenvalue weighted by Gasteiger charge is -2.16. The Morgan fingerprint density at radius 2 is 1.17 bits per heavy atom. The van der Waals surface area contributed by atoms with Crippen molar-refractivity contribution >= 4 is 11.8 Å². The van der Waals surface area contributed by atoms with E-state index < -0.39 is 0 Å². The van der Waals surface area contributed by atoms with E-state index in [4.69, 9.17) is 5.73 Å². The molecule has 0 aliphatic carbocycles. The normalized spacial score (nSPS) is 12.3. The molecular weight excluding hydrogens is 372 g/mol. The highest BCUT2D eigenvalue weighted by Gasteiger charge is 2.18. The van der Waals surface area contributed by atoms with Crippen molar-refractivity contribution in [3.63, 3.8) is 0 Å². The highest BCUT2D eigenvalue weighted by molar-refractivity contribution is 5.76. The number of carbonyl (C=O) groups is 2. The van der Waals surface area contributed by atoms with E-state index >= 15 is 0 Å². The van der Waals surface area contributed by atoms with Crippen molar-refractivity contribution in [2.45, 2.75) is 136 Å². The number of nitrogens with one attached hydrogen (secondary N) is 1. The van der Waals surface area contributed by atoms with Crippen LogP contribution in [-0.4, -0.2) is 18.4 Å². The average Bonchev–Trinajstić information content (AvgIpc) is 2.70. The van der Waals surface area contributed by atoms with Gasteiger partial charge in [0.25, 0.3) is 0 Å². The fraction of sp³-hybridized carbons (Fsp3) is 0.923. The highest BCUT2D eigenvalue weighted by Crippen LogP contribution is 2.17. The molecule has 0 fully saturated rings. The third-order valence-corrected chi connectivity index (χ3v) is 6.19. The van der Waals surface area contributed by atoms with Crippen LogP contribution in [0.4, 0.5) is 0 Å². The van der Waals surface area contributed by atoms with Crippen molar-refractivity contribution in [1.82, 2.24) is 5.32 Å². The zero-order chi connectivity index (χ0) is 22.5. The van der Waals surface area contributed by atoms with Crippen molar-refractivity contribution in [2.75, 3.05) is 6.54 Å². The molecule has 30 heavy (non-hydrogen) atoms. The van der Waals surface area contributed by atoms with Gasteiger partial charge in [-0.25, -0.2) is 0 Å². The number of carbonyl (C=O) groups excluding carboxylic acids is 2. The first-order valence-corrected chi connectivity index (χ1v) is 13.0. The number of rotatable bonds is 22. The van der Waals surface area contributed by atoms with E-state index in [0.717, 1.165) is 25.7 Å². The Hall–Kier alpha value is -1.06. The van der Waals surface area contributed by atoms with Crippen molar-refractivity contribution in [1.29, 1.82) is 0 Å². The Kier molecular flexibility index (Phi) is 20.4. The zero-order valence-electron chi connectivity index (χ0n) is 20.5. The molecule has 4 heteroatoms. The van der Waals surface area contributed by atoms with Gasteiger partial charge in [0, 0.05) is 18.9 Å². The van der Waals surface area contributed by atoms with Crippen LogP contribution in [-0.2, 0) is 9.59 Å². The Morgan fingerprint density at radius 3 is 1.60 bits per heavy atom. The Morgan fingerprint density at radius 1 is 0.700 bits per heavy atom. The molecule has 0 rings (SSSR count). The van der Waals surface area contributed by atoms with E-state index in [1.165, 1.54) is 83.5 Å². The average molecular weight is 425 g/mol. The fourth-order valence-electron chi connectivity index (χ4n) is 4.09. The molecule has 0 aliphatic heterocycles. The van der Waals surface area contributed by atoms with Gasteiger partial charge in [0.1, 0.15) is 0 Å². The first kappa shape index (κ1) is 28.9. The second-order valence-electron chi connectivity index (χ2n) is 9.44. The van der Waals surface area contributed by atoms with E-state index in [0.29, 0.717) is 13.0 Å². The van der Waals surface area contributed by atoms with Gasteiger partial charge in [-0.15, -0.1) is 0 Å². The molecule has 0 aromatic heterocycles. The molecule has 0 saturated carbocycles. The van der Waals surface area contributed by atoms with Crippen LogP contribution in [0, 0.1) is 11.8 Å². The molecule has 1 atom stereocenters. The van der Waals surface area contributed by atoms with Crippen LogP contribution in [0.1, 0.15) is 136 Å². The van der Waals surface area contributed by atoms with Gasteiger partial charge in [0.15, 0.2) is 0 Å². The van der Waals surface area contributed by atoms with Gasteiger partial charge < -0.3 is 11.1 Å². The minimum atomic E-state index is -0.202. The number of hydrogen-bond acceptors (Lipinski definition) is 2. The van der Waals surface area contributed by atoms with Crippen molar-refractivity contribution in [2.24, 2.45) is 17.6 Å². The summed E-state index contributed by atoms with van der Waals surface area (Å²) in [5, 5.41) is 3.01. The van der Waals surface area contributed by atoms with Crippen LogP contribution in [0.3, 0.4) is 0 Å². The maximum atomic E-state index is 11.9. The van der Waals surface area contributed by atoms with Crippen molar-refractivity contribution in [3.05, 3.63) is 0 Å². The molecule has 0 bridgehead atoms. The Labute approximate surface area is 187 Å². The van der Waals surface area contributed by atoms with Gasteiger partial charge in [-0.2, -0.15) is 0 Å². The van der Waals surface area contributed by atoms with E-state index in [9.17, 15) is 9.59 Å². The highest BCUT2D eigenvalue weighted by atomic mass is 16.2. The molecule has 4 nitrogen and oxygen atoms in total. The molecule has 3 N–H and O–H groups in total. The second kappa shape index (κ2) is 21.2. The van der Waals surface area contributed by atoms with Crippen molar-refractivity contribution in [3.8, 4) is 0 Å². The van der Waals surface area contributed by atoms with Crippen LogP contribution < -0.4 is 11.1 Å². The number of hydrogen-bond donors (Lipinski definition) is 2. The SMILES string of the molecule is CCCCCCCCCCCCCCCCC(=O)NCCCCC(C(N)=O)C(C)C. The first-order chi connectivity index (χ1) is 14.5. The predicted molar refractivity (Wildman–Crippen MR) is 129 cm³/mol. The largest absolute Gasteiger partial charge is 0.369 e. The van der Waals surface area contributed by atoms with Crippen LogP contribution >= 0.6 is 0 Å². The van der Waals surface area contributed by atoms with E-state index in [2.05, 4.69) is 12.2 Å². The molecule has 178 valence electrons. The summed E-state index contributed by atoms with van der Waals surface area (Å²) in [7, 11) is 0. The van der Waals surface area contributed by atoms with Crippen LogP contribution in [0.2, 0.25) is 0 Å². The van der Waals surface area contributed by atoms with Gasteiger partial charge >= 0.3 is 0 Å². The van der Waals surface area contributed by atoms with Crippen LogP contribution in [0.25, 0.3) is 0 Å². The lowest BCUT2D eigenvalue weighted by molar-refractivity contribution is -0.123. The van der Waals surface area contributed by atoms with E-state index in [1.54, 1.807) is 0 Å². The summed E-state index contributed by atoms with van der Waals surface area (Å²) < 4.78 is 0. The first-order valence-electron chi connectivity index (χ1n) is 13.0. The fourth-order valence-corrected chi connectivity index (χ4v) is 4.09. The molecule has 0 aromatic carbocycles. The number of primary amides is 1. The minimum absolute atomic E-state index is 0.0451. The molecule has 0 aliphatic rings. The smallest absolute Gasteiger partial charge is 0.220 e. The summed E-state index contributed by atoms with van der Waals surface area (Å²) in [4.78, 5) is 23.3. The summed E-state index contributed by atoms with van der Waals surface area (Å²) >= 11 is 0. The van der Waals surface area contributed by atoms with E-state index in [1.807, 2.05) is 13.8 Å². The lowest BCUT2D eigenvalue weighted by Crippen LogP contribution is -2.28. The molecular formula is C26H52N2O2. The third kappa shape index (κ3) is 18.9. The van der Waals surface area contributed by atoms with Crippen LogP contribution in [0.15, 0.2) is 0 Å². The number of nitrogens with two attached hydrogens (primary N) is 1. The number of unbranched alkanes of at least 4 members (excludes halogenated alkanes) is 14. The monoisotopic (exact) mass is 424 g/mol. The molecule has 0 spiro atoms. The van der Waals surface area contributed by atoms with Gasteiger partial charge in [0.05, 0.1) is 0 Å². The van der Waals surface area contributed by atoms with E-state index in [-0.39, 0.29) is 23.7 Å². The van der Waals surface area contributed by atoms with Crippen LogP contribution in [0.5, 0.6) is 0 Å². The molecule has 0 radical (unpaired) electrons.